The Balaban J connectivity index is 1.48. The molecule has 2 aromatic carbocycles. The summed E-state index contributed by atoms with van der Waals surface area (Å²) in [4.78, 5) is 26.3. The van der Waals surface area contributed by atoms with Crippen LogP contribution in [0.3, 0.4) is 0 Å². The molecule has 1 aliphatic carbocycles. The summed E-state index contributed by atoms with van der Waals surface area (Å²) in [6.45, 7) is 8.27. The van der Waals surface area contributed by atoms with E-state index in [0.29, 0.717) is 24.2 Å². The van der Waals surface area contributed by atoms with E-state index >= 15 is 0 Å². The molecule has 1 amide bonds. The number of aromatic amines is 1. The summed E-state index contributed by atoms with van der Waals surface area (Å²) in [5.74, 6) is 1.04. The number of H-pyrrole nitrogens is 1. The van der Waals surface area contributed by atoms with Crippen molar-refractivity contribution in [3.63, 3.8) is 0 Å². The highest BCUT2D eigenvalue weighted by Gasteiger charge is 2.16. The van der Waals surface area contributed by atoms with Crippen LogP contribution in [0.1, 0.15) is 63.0 Å². The number of rotatable bonds is 9. The van der Waals surface area contributed by atoms with Gasteiger partial charge in [-0.25, -0.2) is 0 Å². The van der Waals surface area contributed by atoms with Crippen molar-refractivity contribution < 1.29 is 4.79 Å². The summed E-state index contributed by atoms with van der Waals surface area (Å²) in [6.07, 6.45) is 11.1. The molecular formula is C33H37ClN8O. The number of pyridine rings is 1. The largest absolute Gasteiger partial charge is 0.366 e. The fourth-order valence-electron chi connectivity index (χ4n) is 5.33. The molecule has 1 aliphatic rings. The first-order chi connectivity index (χ1) is 20.9. The average molecular weight is 597 g/mol. The Kier molecular flexibility index (Phi) is 9.84. The van der Waals surface area contributed by atoms with Crippen molar-refractivity contribution in [2.75, 3.05) is 16.0 Å². The number of benzene rings is 2. The number of carbonyl (C=O) groups excluding carboxylic acids is 1. The Morgan fingerprint density at radius 3 is 2.70 bits per heavy atom. The number of hydrogen-bond acceptors (Lipinski definition) is 7. The van der Waals surface area contributed by atoms with Gasteiger partial charge in [0.15, 0.2) is 0 Å². The minimum atomic E-state index is -0.432. The van der Waals surface area contributed by atoms with Crippen molar-refractivity contribution in [2.45, 2.75) is 64.5 Å². The maximum Gasteiger partial charge on any atom is 0.266 e. The molecule has 4 aromatic rings. The Bertz CT molecular complexity index is 1660. The first-order valence-electron chi connectivity index (χ1n) is 14.7. The molecule has 0 spiro atoms. The van der Waals surface area contributed by atoms with E-state index in [4.69, 9.17) is 21.6 Å². The number of nitrogens with one attached hydrogen (secondary N) is 4. The fourth-order valence-corrected chi connectivity index (χ4v) is 5.37. The van der Waals surface area contributed by atoms with E-state index < -0.39 is 5.91 Å². The summed E-state index contributed by atoms with van der Waals surface area (Å²) in [5, 5.41) is 19.0. The lowest BCUT2D eigenvalue weighted by Gasteiger charge is -2.22. The Hall–Kier alpha value is -4.50. The first kappa shape index (κ1) is 30.0. The number of halogens is 1. The highest BCUT2D eigenvalue weighted by Crippen LogP contribution is 2.32. The maximum absolute atomic E-state index is 12.0. The summed E-state index contributed by atoms with van der Waals surface area (Å²) in [5.41, 5.74) is 4.54. The molecule has 4 N–H and O–H groups in total. The summed E-state index contributed by atoms with van der Waals surface area (Å²) in [6, 6.07) is 16.2. The Morgan fingerprint density at radius 1 is 1.09 bits per heavy atom. The van der Waals surface area contributed by atoms with Gasteiger partial charge in [0.25, 0.3) is 5.91 Å². The smallest absolute Gasteiger partial charge is 0.266 e. The van der Waals surface area contributed by atoms with Gasteiger partial charge in [0.1, 0.15) is 12.1 Å². The second-order valence-electron chi connectivity index (χ2n) is 11.0. The Labute approximate surface area is 256 Å². The van der Waals surface area contributed by atoms with Crippen LogP contribution in [0.25, 0.3) is 22.0 Å². The molecule has 1 fully saturated rings. The van der Waals surface area contributed by atoms with Gasteiger partial charge in [-0.1, -0.05) is 81.6 Å². The fraction of sp³-hybridized carbons (Fsp3) is 0.303. The molecule has 2 heterocycles. The zero-order valence-electron chi connectivity index (χ0n) is 24.5. The molecule has 10 heteroatoms. The first-order valence-corrected chi connectivity index (χ1v) is 15.0. The van der Waals surface area contributed by atoms with Crippen LogP contribution in [0.15, 0.2) is 78.9 Å². The van der Waals surface area contributed by atoms with Crippen LogP contribution in [0.5, 0.6) is 0 Å². The van der Waals surface area contributed by atoms with Gasteiger partial charge in [0.05, 0.1) is 10.7 Å². The van der Waals surface area contributed by atoms with Crippen LogP contribution in [0.4, 0.5) is 17.5 Å². The molecular weight excluding hydrogens is 560 g/mol. The maximum atomic E-state index is 12.0. The van der Waals surface area contributed by atoms with Crippen molar-refractivity contribution in [3.05, 3.63) is 90.0 Å². The minimum Gasteiger partial charge on any atom is -0.366 e. The predicted molar refractivity (Wildman–Crippen MR) is 175 cm³/mol. The summed E-state index contributed by atoms with van der Waals surface area (Å²) >= 11 is 5.75. The van der Waals surface area contributed by atoms with Gasteiger partial charge in [-0.3, -0.25) is 14.9 Å². The second-order valence-corrected chi connectivity index (χ2v) is 11.4. The second kappa shape index (κ2) is 14.1. The number of nitrogens with zero attached hydrogens (tertiary/aromatic N) is 4. The van der Waals surface area contributed by atoms with Crippen molar-refractivity contribution >= 4 is 45.7 Å². The SMILES string of the molecule is C=C(Cl)C(=O)Nc1ccc2c(-c3ccccc3CNc3nc(NC4CCCCC4)ncn[nH]cc3C(C)C)nccc2c1. The minimum absolute atomic E-state index is 0.0663. The van der Waals surface area contributed by atoms with Crippen LogP contribution >= 0.6 is 11.6 Å². The number of aromatic nitrogens is 5. The molecule has 43 heavy (non-hydrogen) atoms. The van der Waals surface area contributed by atoms with Gasteiger partial charge in [0.2, 0.25) is 5.95 Å². The molecule has 222 valence electrons. The summed E-state index contributed by atoms with van der Waals surface area (Å²) < 4.78 is 0. The van der Waals surface area contributed by atoms with Gasteiger partial charge in [0, 0.05) is 47.2 Å². The zero-order chi connectivity index (χ0) is 30.2. The highest BCUT2D eigenvalue weighted by atomic mass is 35.5. The quantitative estimate of drug-likeness (QED) is 0.146. The van der Waals surface area contributed by atoms with Crippen molar-refractivity contribution in [2.24, 2.45) is 0 Å². The molecule has 0 aliphatic heterocycles. The number of fused-ring (bicyclic) bond motifs is 1. The number of anilines is 3. The molecule has 9 nitrogen and oxygen atoms in total. The molecule has 0 saturated heterocycles. The number of amides is 1. The lowest BCUT2D eigenvalue weighted by molar-refractivity contribution is -0.112. The van der Waals surface area contributed by atoms with Crippen LogP contribution in [-0.4, -0.2) is 37.1 Å². The molecule has 0 radical (unpaired) electrons. The summed E-state index contributed by atoms with van der Waals surface area (Å²) in [7, 11) is 0. The lowest BCUT2D eigenvalue weighted by Crippen LogP contribution is -2.23. The number of hydrogen-bond donors (Lipinski definition) is 4. The van der Waals surface area contributed by atoms with E-state index in [1.165, 1.54) is 25.6 Å². The van der Waals surface area contributed by atoms with Gasteiger partial charge in [-0.2, -0.15) is 15.1 Å². The third-order valence-electron chi connectivity index (χ3n) is 7.57. The van der Waals surface area contributed by atoms with E-state index in [1.807, 2.05) is 42.6 Å². The van der Waals surface area contributed by atoms with Gasteiger partial charge in [-0.05, 0) is 47.9 Å². The Morgan fingerprint density at radius 2 is 1.91 bits per heavy atom. The molecule has 0 bridgehead atoms. The third-order valence-corrected chi connectivity index (χ3v) is 7.74. The van der Waals surface area contributed by atoms with Crippen LogP contribution in [0.2, 0.25) is 0 Å². The van der Waals surface area contributed by atoms with Crippen LogP contribution < -0.4 is 16.0 Å². The third kappa shape index (κ3) is 7.67. The van der Waals surface area contributed by atoms with E-state index in [2.05, 4.69) is 63.7 Å². The zero-order valence-corrected chi connectivity index (χ0v) is 25.3. The van der Waals surface area contributed by atoms with Crippen molar-refractivity contribution in [1.82, 2.24) is 25.1 Å². The molecule has 5 rings (SSSR count). The van der Waals surface area contributed by atoms with Crippen LogP contribution in [-0.2, 0) is 11.3 Å². The van der Waals surface area contributed by atoms with Gasteiger partial charge >= 0.3 is 0 Å². The normalized spacial score (nSPS) is 13.4. The standard InChI is InChI=1S/C33H37ClN8O/c1-21(2)29-19-38-39-20-37-33(41-25-10-5-4-6-11-25)42-31(29)36-18-24-9-7-8-12-27(24)30-28-14-13-26(40-32(43)22(3)34)17-23(28)15-16-35-30/h7-9,12-17,19-21,25,38H,3-6,10-11,18H2,1-2H3,(H,40,43)(H2,36,37,39,41,42). The lowest BCUT2D eigenvalue weighted by atomic mass is 9.96. The average Bonchev–Trinajstić information content (AvgIpc) is 3.10. The monoisotopic (exact) mass is 596 g/mol. The molecule has 1 saturated carbocycles. The highest BCUT2D eigenvalue weighted by molar-refractivity contribution is 6.43. The molecule has 0 unspecified atom stereocenters. The molecule has 0 atom stereocenters. The van der Waals surface area contributed by atoms with E-state index in [0.717, 1.165) is 51.8 Å². The van der Waals surface area contributed by atoms with Gasteiger partial charge < -0.3 is 16.0 Å². The molecule has 2 aromatic heterocycles. The predicted octanol–water partition coefficient (Wildman–Crippen LogP) is 7.71. The van der Waals surface area contributed by atoms with E-state index in [-0.39, 0.29) is 11.0 Å². The van der Waals surface area contributed by atoms with Crippen LogP contribution in [0, 0.1) is 0 Å². The topological polar surface area (TPSA) is 121 Å². The number of carbonyl (C=O) groups is 1. The van der Waals surface area contributed by atoms with Crippen molar-refractivity contribution in [1.29, 1.82) is 0 Å². The van der Waals surface area contributed by atoms with E-state index in [9.17, 15) is 4.79 Å². The van der Waals surface area contributed by atoms with Crippen molar-refractivity contribution in [3.8, 4) is 11.3 Å². The van der Waals surface area contributed by atoms with Gasteiger partial charge in [-0.15, -0.1) is 0 Å². The van der Waals surface area contributed by atoms with E-state index in [1.54, 1.807) is 6.20 Å².